The Labute approximate surface area is 145 Å². The predicted molar refractivity (Wildman–Crippen MR) is 85.5 cm³/mol. The Bertz CT molecular complexity index is 932. The second-order valence-corrected chi connectivity index (χ2v) is 5.10. The van der Waals surface area contributed by atoms with Crippen LogP contribution in [0.2, 0.25) is 0 Å². The monoisotopic (exact) mass is 363 g/mol. The number of pyridine rings is 2. The molecular formula is C17H12F3N3O3. The summed E-state index contributed by atoms with van der Waals surface area (Å²) in [7, 11) is 0. The van der Waals surface area contributed by atoms with E-state index in [1.165, 1.54) is 24.3 Å². The first-order valence-electron chi connectivity index (χ1n) is 7.42. The van der Waals surface area contributed by atoms with Crippen molar-refractivity contribution < 1.29 is 27.4 Å². The number of para-hydroxylation sites is 1. The summed E-state index contributed by atoms with van der Waals surface area (Å²) in [5.74, 6) is -0.373. The van der Waals surface area contributed by atoms with Crippen molar-refractivity contribution in [1.29, 1.82) is 0 Å². The molecule has 0 aliphatic heterocycles. The number of hydrogen-bond acceptors (Lipinski definition) is 5. The summed E-state index contributed by atoms with van der Waals surface area (Å²) in [5, 5.41) is 3.13. The first-order chi connectivity index (χ1) is 12.4. The summed E-state index contributed by atoms with van der Waals surface area (Å²) in [5.41, 5.74) is 0.552. The summed E-state index contributed by atoms with van der Waals surface area (Å²) < 4.78 is 46.1. The summed E-state index contributed by atoms with van der Waals surface area (Å²) >= 11 is 0. The van der Waals surface area contributed by atoms with Crippen molar-refractivity contribution in [2.75, 3.05) is 0 Å². The van der Waals surface area contributed by atoms with Crippen molar-refractivity contribution in [3.05, 3.63) is 60.3 Å². The molecule has 9 heteroatoms. The van der Waals surface area contributed by atoms with Gasteiger partial charge in [-0.1, -0.05) is 18.2 Å². The van der Waals surface area contributed by atoms with Crippen molar-refractivity contribution in [3.8, 4) is 11.6 Å². The van der Waals surface area contributed by atoms with Crippen LogP contribution in [-0.4, -0.2) is 22.4 Å². The van der Waals surface area contributed by atoms with Gasteiger partial charge in [0.15, 0.2) is 5.65 Å². The maximum Gasteiger partial charge on any atom is 0.573 e. The molecule has 0 aliphatic rings. The number of amides is 1. The van der Waals surface area contributed by atoms with Gasteiger partial charge < -0.3 is 14.8 Å². The van der Waals surface area contributed by atoms with Crippen LogP contribution < -0.4 is 14.8 Å². The van der Waals surface area contributed by atoms with E-state index in [-0.39, 0.29) is 18.0 Å². The summed E-state index contributed by atoms with van der Waals surface area (Å²) in [6, 6.07) is 12.2. The Kier molecular flexibility index (Phi) is 4.87. The lowest BCUT2D eigenvalue weighted by Gasteiger charge is -2.13. The van der Waals surface area contributed by atoms with E-state index >= 15 is 0 Å². The normalized spacial score (nSPS) is 11.2. The first-order valence-corrected chi connectivity index (χ1v) is 7.42. The maximum atomic E-state index is 12.4. The van der Waals surface area contributed by atoms with Gasteiger partial charge in [-0.15, -0.1) is 13.2 Å². The Morgan fingerprint density at radius 1 is 1.08 bits per heavy atom. The molecule has 0 saturated carbocycles. The molecule has 1 N–H and O–H groups in total. The molecule has 0 saturated heterocycles. The largest absolute Gasteiger partial charge is 0.573 e. The van der Waals surface area contributed by atoms with Crippen molar-refractivity contribution in [2.24, 2.45) is 0 Å². The molecule has 2 aromatic heterocycles. The molecule has 0 aliphatic carbocycles. The fraction of sp³-hybridized carbons (Fsp3) is 0.118. The summed E-state index contributed by atoms with van der Waals surface area (Å²) in [6.07, 6.45) is -4.13. The van der Waals surface area contributed by atoms with Gasteiger partial charge in [0.2, 0.25) is 5.88 Å². The molecule has 0 unspecified atom stereocenters. The molecule has 2 heterocycles. The first kappa shape index (κ1) is 17.5. The molecule has 0 spiro atoms. The number of rotatable bonds is 4. The van der Waals surface area contributed by atoms with Crippen molar-refractivity contribution in [3.63, 3.8) is 0 Å². The average Bonchev–Trinajstić information content (AvgIpc) is 2.59. The highest BCUT2D eigenvalue weighted by Crippen LogP contribution is 2.26. The third-order valence-electron chi connectivity index (χ3n) is 3.26. The molecule has 0 atom stereocenters. The molecule has 0 fully saturated rings. The van der Waals surface area contributed by atoms with E-state index in [2.05, 4.69) is 20.0 Å². The highest BCUT2D eigenvalue weighted by Gasteiger charge is 2.32. The van der Waals surface area contributed by atoms with Crippen molar-refractivity contribution in [1.82, 2.24) is 15.3 Å². The zero-order valence-electron chi connectivity index (χ0n) is 13.2. The fourth-order valence-electron chi connectivity index (χ4n) is 2.17. The number of aromatic nitrogens is 2. The highest BCUT2D eigenvalue weighted by molar-refractivity contribution is 5.76. The molecule has 3 rings (SSSR count). The third kappa shape index (κ3) is 4.59. The van der Waals surface area contributed by atoms with Gasteiger partial charge in [-0.05, 0) is 24.3 Å². The number of alkyl halides is 3. The number of nitrogens with one attached hydrogen (secondary N) is 1. The van der Waals surface area contributed by atoms with Gasteiger partial charge in [-0.25, -0.2) is 9.78 Å². The van der Waals surface area contributed by atoms with Crippen LogP contribution in [0.25, 0.3) is 11.0 Å². The number of hydrogen-bond donors (Lipinski definition) is 1. The van der Waals surface area contributed by atoms with Crippen LogP contribution in [0.3, 0.4) is 0 Å². The molecule has 134 valence electrons. The van der Waals surface area contributed by atoms with Gasteiger partial charge in [-0.3, -0.25) is 0 Å². The number of ether oxygens (including phenoxy) is 2. The van der Waals surface area contributed by atoms with Crippen LogP contribution in [-0.2, 0) is 6.54 Å². The van der Waals surface area contributed by atoms with Gasteiger partial charge in [-0.2, -0.15) is 4.98 Å². The van der Waals surface area contributed by atoms with E-state index < -0.39 is 18.2 Å². The van der Waals surface area contributed by atoms with Crippen LogP contribution in [0.5, 0.6) is 11.6 Å². The topological polar surface area (TPSA) is 73.3 Å². The van der Waals surface area contributed by atoms with Crippen LogP contribution >= 0.6 is 0 Å². The highest BCUT2D eigenvalue weighted by atomic mass is 19.4. The lowest BCUT2D eigenvalue weighted by molar-refractivity contribution is -0.274. The minimum atomic E-state index is -4.82. The van der Waals surface area contributed by atoms with Gasteiger partial charge >= 0.3 is 12.5 Å². The van der Waals surface area contributed by atoms with Gasteiger partial charge in [0.05, 0.1) is 0 Å². The average molecular weight is 363 g/mol. The van der Waals surface area contributed by atoms with Gasteiger partial charge in [0, 0.05) is 29.8 Å². The third-order valence-corrected chi connectivity index (χ3v) is 3.26. The van der Waals surface area contributed by atoms with Crippen molar-refractivity contribution >= 4 is 17.1 Å². The van der Waals surface area contributed by atoms with Crippen LogP contribution in [0, 0.1) is 0 Å². The van der Waals surface area contributed by atoms with Crippen LogP contribution in [0.4, 0.5) is 18.0 Å². The predicted octanol–water partition coefficient (Wildman–Crippen LogP) is 3.82. The zero-order chi connectivity index (χ0) is 18.6. The van der Waals surface area contributed by atoms with E-state index in [1.54, 1.807) is 24.4 Å². The van der Waals surface area contributed by atoms with Crippen LogP contribution in [0.15, 0.2) is 54.7 Å². The lowest BCUT2D eigenvalue weighted by atomic mass is 10.2. The molecule has 3 aromatic rings. The number of nitrogens with zero attached hydrogens (tertiary/aromatic N) is 2. The molecule has 26 heavy (non-hydrogen) atoms. The summed E-state index contributed by atoms with van der Waals surface area (Å²) in [6.45, 7) is -0.211. The molecule has 0 bridgehead atoms. The van der Waals surface area contributed by atoms with Crippen molar-refractivity contribution in [2.45, 2.75) is 12.9 Å². The van der Waals surface area contributed by atoms with Gasteiger partial charge in [0.25, 0.3) is 0 Å². The molecule has 0 radical (unpaired) electrons. The number of carbonyl (C=O) groups excluding carboxylic acids is 1. The maximum absolute atomic E-state index is 12.4. The quantitative estimate of drug-likeness (QED) is 0.763. The van der Waals surface area contributed by atoms with E-state index in [0.29, 0.717) is 5.65 Å². The SMILES string of the molecule is O=C(NCc1ccccc1OC(F)(F)F)Oc1ccc2cccnc2n1. The minimum Gasteiger partial charge on any atom is -0.405 e. The number of fused-ring (bicyclic) bond motifs is 1. The van der Waals surface area contributed by atoms with E-state index in [0.717, 1.165) is 11.5 Å². The fourth-order valence-corrected chi connectivity index (χ4v) is 2.17. The second kappa shape index (κ2) is 7.26. The van der Waals surface area contributed by atoms with Gasteiger partial charge in [0.1, 0.15) is 5.75 Å². The van der Waals surface area contributed by atoms with E-state index in [4.69, 9.17) is 4.74 Å². The smallest absolute Gasteiger partial charge is 0.405 e. The Morgan fingerprint density at radius 3 is 2.69 bits per heavy atom. The summed E-state index contributed by atoms with van der Waals surface area (Å²) in [4.78, 5) is 20.0. The molecule has 1 amide bonds. The molecule has 6 nitrogen and oxygen atoms in total. The second-order valence-electron chi connectivity index (χ2n) is 5.10. The van der Waals surface area contributed by atoms with E-state index in [1.807, 2.05) is 0 Å². The number of halogens is 3. The Morgan fingerprint density at radius 2 is 1.88 bits per heavy atom. The molecule has 1 aromatic carbocycles. The Balaban J connectivity index is 1.63. The lowest BCUT2D eigenvalue weighted by Crippen LogP contribution is -2.27. The van der Waals surface area contributed by atoms with Crippen LogP contribution in [0.1, 0.15) is 5.56 Å². The Hall–Kier alpha value is -3.36. The number of carbonyl (C=O) groups is 1. The zero-order valence-corrected chi connectivity index (χ0v) is 13.2. The molecular weight excluding hydrogens is 351 g/mol. The standard InChI is InChI=1S/C17H12F3N3O3/c18-17(19,20)26-13-6-2-1-4-12(13)10-22-16(24)25-14-8-7-11-5-3-9-21-15(11)23-14/h1-9H,10H2,(H,22,24). The number of benzene rings is 1. The van der Waals surface area contributed by atoms with E-state index in [9.17, 15) is 18.0 Å². The minimum absolute atomic E-state index is 0.0218.